The third-order valence-electron chi connectivity index (χ3n) is 2.99. The molecule has 5 nitrogen and oxygen atoms in total. The first-order chi connectivity index (χ1) is 9.30. The highest BCUT2D eigenvalue weighted by Gasteiger charge is 2.34. The number of ether oxygens (including phenoxy) is 1. The summed E-state index contributed by atoms with van der Waals surface area (Å²) < 4.78 is 5.59. The summed E-state index contributed by atoms with van der Waals surface area (Å²) in [6.45, 7) is 5.74. The first-order valence-corrected chi connectivity index (χ1v) is 7.35. The lowest BCUT2D eigenvalue weighted by molar-refractivity contribution is -0.136. The van der Waals surface area contributed by atoms with Crippen molar-refractivity contribution < 1.29 is 14.6 Å². The summed E-state index contributed by atoms with van der Waals surface area (Å²) in [4.78, 5) is 16.3. The molecule has 1 atom stereocenters. The Kier molecular flexibility index (Phi) is 5.95. The van der Waals surface area contributed by atoms with Crippen molar-refractivity contribution in [1.29, 1.82) is 0 Å². The van der Waals surface area contributed by atoms with Gasteiger partial charge in [0.1, 0.15) is 10.2 Å². The SMILES string of the molecule is CCC(O)(CC(C)C)C(=O)Nc1cc(Br)nc(OC)c1. The molecule has 0 saturated heterocycles. The summed E-state index contributed by atoms with van der Waals surface area (Å²) in [5, 5.41) is 13.2. The Bertz CT molecular complexity index is 479. The Morgan fingerprint density at radius 1 is 1.55 bits per heavy atom. The van der Waals surface area contributed by atoms with E-state index in [-0.39, 0.29) is 5.92 Å². The minimum atomic E-state index is -1.36. The average Bonchev–Trinajstić information content (AvgIpc) is 2.36. The van der Waals surface area contributed by atoms with Gasteiger partial charge in [-0.2, -0.15) is 0 Å². The zero-order chi connectivity index (χ0) is 15.3. The Hall–Kier alpha value is -1.14. The van der Waals surface area contributed by atoms with Crippen LogP contribution >= 0.6 is 15.9 Å². The van der Waals surface area contributed by atoms with E-state index >= 15 is 0 Å². The zero-order valence-electron chi connectivity index (χ0n) is 12.2. The van der Waals surface area contributed by atoms with Crippen molar-refractivity contribution in [3.63, 3.8) is 0 Å². The Labute approximate surface area is 127 Å². The summed E-state index contributed by atoms with van der Waals surface area (Å²) in [5.74, 6) is 0.205. The molecule has 0 radical (unpaired) electrons. The second kappa shape index (κ2) is 7.04. The van der Waals surface area contributed by atoms with Gasteiger partial charge < -0.3 is 15.2 Å². The Balaban J connectivity index is 2.91. The number of anilines is 1. The molecule has 0 saturated carbocycles. The van der Waals surface area contributed by atoms with Gasteiger partial charge in [0.05, 0.1) is 7.11 Å². The van der Waals surface area contributed by atoms with E-state index in [0.29, 0.717) is 29.0 Å². The Morgan fingerprint density at radius 2 is 2.20 bits per heavy atom. The lowest BCUT2D eigenvalue weighted by Crippen LogP contribution is -2.43. The second-order valence-corrected chi connectivity index (χ2v) is 5.97. The van der Waals surface area contributed by atoms with Crippen LogP contribution < -0.4 is 10.1 Å². The van der Waals surface area contributed by atoms with Crippen molar-refractivity contribution in [2.45, 2.75) is 39.2 Å². The molecule has 0 aliphatic carbocycles. The highest BCUT2D eigenvalue weighted by Crippen LogP contribution is 2.25. The van der Waals surface area contributed by atoms with Gasteiger partial charge in [0.25, 0.3) is 5.91 Å². The van der Waals surface area contributed by atoms with Crippen LogP contribution in [-0.2, 0) is 4.79 Å². The largest absolute Gasteiger partial charge is 0.481 e. The van der Waals surface area contributed by atoms with Crippen LogP contribution in [0.5, 0.6) is 5.88 Å². The Morgan fingerprint density at radius 3 is 2.70 bits per heavy atom. The molecule has 2 N–H and O–H groups in total. The van der Waals surface area contributed by atoms with E-state index in [4.69, 9.17) is 4.74 Å². The molecular formula is C14H21BrN2O3. The normalized spacial score (nSPS) is 13.9. The van der Waals surface area contributed by atoms with Crippen molar-refractivity contribution in [2.75, 3.05) is 12.4 Å². The van der Waals surface area contributed by atoms with Crippen LogP contribution in [0.2, 0.25) is 0 Å². The molecule has 0 aliphatic rings. The lowest BCUT2D eigenvalue weighted by Gasteiger charge is -2.27. The molecule has 0 aliphatic heterocycles. The summed E-state index contributed by atoms with van der Waals surface area (Å²) in [6.07, 6.45) is 0.777. The van der Waals surface area contributed by atoms with Gasteiger partial charge in [-0.25, -0.2) is 4.98 Å². The topological polar surface area (TPSA) is 71.5 Å². The van der Waals surface area contributed by atoms with E-state index in [0.717, 1.165) is 0 Å². The van der Waals surface area contributed by atoms with Gasteiger partial charge in [-0.05, 0) is 40.8 Å². The smallest absolute Gasteiger partial charge is 0.256 e. The maximum absolute atomic E-state index is 12.3. The summed E-state index contributed by atoms with van der Waals surface area (Å²) in [5.41, 5.74) is -0.832. The molecule has 1 unspecified atom stereocenters. The molecule has 0 spiro atoms. The molecule has 1 aromatic heterocycles. The van der Waals surface area contributed by atoms with Crippen molar-refractivity contribution >= 4 is 27.5 Å². The number of rotatable bonds is 6. The van der Waals surface area contributed by atoms with Crippen molar-refractivity contribution in [2.24, 2.45) is 5.92 Å². The molecule has 6 heteroatoms. The number of nitrogens with one attached hydrogen (secondary N) is 1. The zero-order valence-corrected chi connectivity index (χ0v) is 13.8. The molecule has 20 heavy (non-hydrogen) atoms. The number of nitrogens with zero attached hydrogens (tertiary/aromatic N) is 1. The van der Waals surface area contributed by atoms with Crippen LogP contribution in [0.1, 0.15) is 33.6 Å². The third kappa shape index (κ3) is 4.45. The van der Waals surface area contributed by atoms with Crippen LogP contribution in [0.3, 0.4) is 0 Å². The number of halogens is 1. The van der Waals surface area contributed by atoms with Crippen molar-refractivity contribution in [3.05, 3.63) is 16.7 Å². The van der Waals surface area contributed by atoms with Crippen LogP contribution in [0.4, 0.5) is 5.69 Å². The first-order valence-electron chi connectivity index (χ1n) is 6.56. The number of carbonyl (C=O) groups excluding carboxylic acids is 1. The van der Waals surface area contributed by atoms with Gasteiger partial charge in [-0.3, -0.25) is 4.79 Å². The fraction of sp³-hybridized carbons (Fsp3) is 0.571. The number of aliphatic hydroxyl groups is 1. The molecule has 1 heterocycles. The van der Waals surface area contributed by atoms with Gasteiger partial charge in [0.15, 0.2) is 0 Å². The standard InChI is InChI=1S/C14H21BrN2O3/c1-5-14(19,8-9(2)3)13(18)16-10-6-11(15)17-12(7-10)20-4/h6-7,9,19H,5,8H2,1-4H3,(H,16,17,18). The quantitative estimate of drug-likeness (QED) is 0.778. The first kappa shape index (κ1) is 16.9. The monoisotopic (exact) mass is 344 g/mol. The number of pyridine rings is 1. The van der Waals surface area contributed by atoms with E-state index in [2.05, 4.69) is 26.2 Å². The van der Waals surface area contributed by atoms with E-state index in [1.807, 2.05) is 13.8 Å². The summed E-state index contributed by atoms with van der Waals surface area (Å²) >= 11 is 3.25. The van der Waals surface area contributed by atoms with Crippen LogP contribution in [0.25, 0.3) is 0 Å². The average molecular weight is 345 g/mol. The van der Waals surface area contributed by atoms with E-state index in [9.17, 15) is 9.90 Å². The highest BCUT2D eigenvalue weighted by atomic mass is 79.9. The van der Waals surface area contributed by atoms with Crippen molar-refractivity contribution in [1.82, 2.24) is 4.98 Å². The molecule has 112 valence electrons. The number of hydrogen-bond acceptors (Lipinski definition) is 4. The van der Waals surface area contributed by atoms with Crippen molar-refractivity contribution in [3.8, 4) is 5.88 Å². The number of carbonyl (C=O) groups is 1. The third-order valence-corrected chi connectivity index (χ3v) is 3.40. The fourth-order valence-corrected chi connectivity index (χ4v) is 2.39. The molecule has 0 aromatic carbocycles. The van der Waals surface area contributed by atoms with E-state index in [1.54, 1.807) is 19.1 Å². The lowest BCUT2D eigenvalue weighted by atomic mass is 9.89. The fourth-order valence-electron chi connectivity index (χ4n) is 1.97. The highest BCUT2D eigenvalue weighted by molar-refractivity contribution is 9.10. The van der Waals surface area contributed by atoms with E-state index in [1.165, 1.54) is 7.11 Å². The molecule has 0 bridgehead atoms. The second-order valence-electron chi connectivity index (χ2n) is 5.16. The number of hydrogen-bond donors (Lipinski definition) is 2. The minimum absolute atomic E-state index is 0.226. The predicted octanol–water partition coefficient (Wildman–Crippen LogP) is 2.98. The van der Waals surface area contributed by atoms with Crippen LogP contribution in [0.15, 0.2) is 16.7 Å². The minimum Gasteiger partial charge on any atom is -0.481 e. The van der Waals surface area contributed by atoms with Gasteiger partial charge in [-0.15, -0.1) is 0 Å². The predicted molar refractivity (Wildman–Crippen MR) is 81.8 cm³/mol. The number of aromatic nitrogens is 1. The van der Waals surface area contributed by atoms with Crippen LogP contribution in [0, 0.1) is 5.92 Å². The molecule has 1 aromatic rings. The van der Waals surface area contributed by atoms with E-state index < -0.39 is 11.5 Å². The van der Waals surface area contributed by atoms with Gasteiger partial charge in [-0.1, -0.05) is 20.8 Å². The summed E-state index contributed by atoms with van der Waals surface area (Å²) in [6, 6.07) is 3.26. The maximum Gasteiger partial charge on any atom is 0.256 e. The molecular weight excluding hydrogens is 324 g/mol. The summed E-state index contributed by atoms with van der Waals surface area (Å²) in [7, 11) is 1.50. The maximum atomic E-state index is 12.3. The van der Waals surface area contributed by atoms with Crippen LogP contribution in [-0.4, -0.2) is 28.7 Å². The van der Waals surface area contributed by atoms with Gasteiger partial charge in [0, 0.05) is 11.8 Å². The number of amides is 1. The number of methoxy groups -OCH3 is 1. The molecule has 0 fully saturated rings. The van der Waals surface area contributed by atoms with Gasteiger partial charge >= 0.3 is 0 Å². The van der Waals surface area contributed by atoms with Gasteiger partial charge in [0.2, 0.25) is 5.88 Å². The molecule has 1 rings (SSSR count). The molecule has 1 amide bonds.